The van der Waals surface area contributed by atoms with Crippen molar-refractivity contribution in [2.24, 2.45) is 0 Å². The highest BCUT2D eigenvalue weighted by Crippen LogP contribution is 2.27. The number of hydrogen-bond donors (Lipinski definition) is 1. The Kier molecular flexibility index (Phi) is 2.34. The Labute approximate surface area is 94.5 Å². The van der Waals surface area contributed by atoms with Crippen molar-refractivity contribution in [2.75, 3.05) is 0 Å². The molecule has 0 aliphatic heterocycles. The molecule has 1 aromatic carbocycles. The zero-order valence-electron chi connectivity index (χ0n) is 10.1. The summed E-state index contributed by atoms with van der Waals surface area (Å²) in [6.45, 7) is 8.30. The van der Waals surface area contributed by atoms with Crippen molar-refractivity contribution in [2.45, 2.75) is 33.1 Å². The monoisotopic (exact) mass is 216 g/mol. The standard InChI is InChI=1S/C13H16N2O/c1-8-6-5-7-9-10(8)11(13(2,3)4)14-15-12(9)16/h5-7H,1-4H3,(H,15,16). The van der Waals surface area contributed by atoms with Gasteiger partial charge in [0.2, 0.25) is 0 Å². The molecule has 0 fully saturated rings. The second-order valence-corrected chi connectivity index (χ2v) is 5.15. The maximum atomic E-state index is 11.7. The first-order chi connectivity index (χ1) is 7.41. The smallest absolute Gasteiger partial charge is 0.267 e. The van der Waals surface area contributed by atoms with Gasteiger partial charge in [-0.25, -0.2) is 5.10 Å². The van der Waals surface area contributed by atoms with Gasteiger partial charge in [-0.1, -0.05) is 32.9 Å². The minimum atomic E-state index is -0.119. The predicted octanol–water partition coefficient (Wildman–Crippen LogP) is 2.53. The summed E-state index contributed by atoms with van der Waals surface area (Å²) < 4.78 is 0. The summed E-state index contributed by atoms with van der Waals surface area (Å²) in [5, 5.41) is 8.48. The molecule has 3 nitrogen and oxygen atoms in total. The quantitative estimate of drug-likeness (QED) is 0.735. The SMILES string of the molecule is Cc1cccc2c(=O)[nH]nc(C(C)(C)C)c12. The second-order valence-electron chi connectivity index (χ2n) is 5.15. The van der Waals surface area contributed by atoms with Crippen LogP contribution in [0.3, 0.4) is 0 Å². The first-order valence-electron chi connectivity index (χ1n) is 5.40. The highest BCUT2D eigenvalue weighted by atomic mass is 16.1. The Balaban J connectivity index is 2.98. The van der Waals surface area contributed by atoms with Crippen LogP contribution in [0.5, 0.6) is 0 Å². The molecule has 0 aliphatic carbocycles. The molecule has 1 N–H and O–H groups in total. The average Bonchev–Trinajstić information content (AvgIpc) is 2.18. The molecule has 0 unspecified atom stereocenters. The number of aryl methyl sites for hydroxylation is 1. The normalized spacial score (nSPS) is 12.0. The van der Waals surface area contributed by atoms with Crippen LogP contribution in [-0.4, -0.2) is 10.2 Å². The number of rotatable bonds is 0. The van der Waals surface area contributed by atoms with Crippen LogP contribution >= 0.6 is 0 Å². The predicted molar refractivity (Wildman–Crippen MR) is 65.8 cm³/mol. The van der Waals surface area contributed by atoms with Gasteiger partial charge in [0.25, 0.3) is 5.56 Å². The summed E-state index contributed by atoms with van der Waals surface area (Å²) in [4.78, 5) is 11.7. The van der Waals surface area contributed by atoms with E-state index in [2.05, 4.69) is 31.0 Å². The fourth-order valence-corrected chi connectivity index (χ4v) is 1.94. The third kappa shape index (κ3) is 1.62. The van der Waals surface area contributed by atoms with E-state index in [9.17, 15) is 4.79 Å². The van der Waals surface area contributed by atoms with E-state index in [4.69, 9.17) is 0 Å². The molecule has 0 bridgehead atoms. The van der Waals surface area contributed by atoms with Gasteiger partial charge in [0.15, 0.2) is 0 Å². The maximum absolute atomic E-state index is 11.7. The molecule has 0 radical (unpaired) electrons. The molecule has 2 rings (SSSR count). The number of aromatic nitrogens is 2. The Morgan fingerprint density at radius 3 is 2.56 bits per heavy atom. The van der Waals surface area contributed by atoms with E-state index in [0.717, 1.165) is 22.0 Å². The number of nitrogens with one attached hydrogen (secondary N) is 1. The summed E-state index contributed by atoms with van der Waals surface area (Å²) in [5.74, 6) is 0. The second kappa shape index (κ2) is 3.44. The molecule has 1 aromatic heterocycles. The van der Waals surface area contributed by atoms with E-state index >= 15 is 0 Å². The van der Waals surface area contributed by atoms with Gasteiger partial charge in [0.1, 0.15) is 0 Å². The molecule has 0 saturated heterocycles. The molecule has 0 amide bonds. The van der Waals surface area contributed by atoms with Crippen LogP contribution in [0.25, 0.3) is 10.8 Å². The highest BCUT2D eigenvalue weighted by Gasteiger charge is 2.20. The van der Waals surface area contributed by atoms with Crippen LogP contribution in [0.15, 0.2) is 23.0 Å². The number of hydrogen-bond acceptors (Lipinski definition) is 2. The van der Waals surface area contributed by atoms with Crippen LogP contribution in [0.4, 0.5) is 0 Å². The lowest BCUT2D eigenvalue weighted by molar-refractivity contribution is 0.564. The molecule has 3 heteroatoms. The van der Waals surface area contributed by atoms with Crippen LogP contribution in [0.2, 0.25) is 0 Å². The topological polar surface area (TPSA) is 45.8 Å². The first-order valence-corrected chi connectivity index (χ1v) is 5.40. The van der Waals surface area contributed by atoms with Gasteiger partial charge in [-0.3, -0.25) is 4.79 Å². The molecule has 0 saturated carbocycles. The van der Waals surface area contributed by atoms with Gasteiger partial charge in [-0.15, -0.1) is 0 Å². The number of nitrogens with zero attached hydrogens (tertiary/aromatic N) is 1. The van der Waals surface area contributed by atoms with Crippen molar-refractivity contribution in [1.29, 1.82) is 0 Å². The molecule has 1 heterocycles. The van der Waals surface area contributed by atoms with Gasteiger partial charge in [-0.05, 0) is 18.6 Å². The third-order valence-electron chi connectivity index (χ3n) is 2.73. The number of fused-ring (bicyclic) bond motifs is 1. The molecule has 0 aliphatic rings. The third-order valence-corrected chi connectivity index (χ3v) is 2.73. The fraction of sp³-hybridized carbons (Fsp3) is 0.385. The van der Waals surface area contributed by atoms with Crippen LogP contribution < -0.4 is 5.56 Å². The summed E-state index contributed by atoms with van der Waals surface area (Å²) in [6, 6.07) is 5.76. The van der Waals surface area contributed by atoms with Crippen LogP contribution in [0, 0.1) is 6.92 Å². The fourth-order valence-electron chi connectivity index (χ4n) is 1.94. The van der Waals surface area contributed by atoms with Crippen molar-refractivity contribution in [3.8, 4) is 0 Å². The maximum Gasteiger partial charge on any atom is 0.272 e. The van der Waals surface area contributed by atoms with Crippen molar-refractivity contribution in [3.05, 3.63) is 39.8 Å². The molecule has 2 aromatic rings. The first kappa shape index (κ1) is 10.9. The lowest BCUT2D eigenvalue weighted by Crippen LogP contribution is -2.20. The molecule has 0 atom stereocenters. The Morgan fingerprint density at radius 2 is 1.94 bits per heavy atom. The zero-order chi connectivity index (χ0) is 11.9. The average molecular weight is 216 g/mol. The minimum absolute atomic E-state index is 0.0748. The Bertz CT molecular complexity index is 591. The van der Waals surface area contributed by atoms with Crippen LogP contribution in [0.1, 0.15) is 32.0 Å². The van der Waals surface area contributed by atoms with Crippen molar-refractivity contribution < 1.29 is 0 Å². The lowest BCUT2D eigenvalue weighted by Gasteiger charge is -2.19. The lowest BCUT2D eigenvalue weighted by atomic mass is 9.87. The van der Waals surface area contributed by atoms with Gasteiger partial charge in [0.05, 0.1) is 11.1 Å². The van der Waals surface area contributed by atoms with Crippen molar-refractivity contribution >= 4 is 10.8 Å². The Hall–Kier alpha value is -1.64. The number of benzene rings is 1. The van der Waals surface area contributed by atoms with E-state index in [-0.39, 0.29) is 11.0 Å². The largest absolute Gasteiger partial charge is 0.272 e. The van der Waals surface area contributed by atoms with E-state index in [1.165, 1.54) is 0 Å². The number of aromatic amines is 1. The van der Waals surface area contributed by atoms with E-state index < -0.39 is 0 Å². The summed E-state index contributed by atoms with van der Waals surface area (Å²) in [7, 11) is 0. The summed E-state index contributed by atoms with van der Waals surface area (Å²) >= 11 is 0. The minimum Gasteiger partial charge on any atom is -0.267 e. The van der Waals surface area contributed by atoms with Crippen molar-refractivity contribution in [3.63, 3.8) is 0 Å². The highest BCUT2D eigenvalue weighted by molar-refractivity contribution is 5.87. The summed E-state index contributed by atoms with van der Waals surface area (Å²) in [5.41, 5.74) is 1.85. The molecular formula is C13H16N2O. The van der Waals surface area contributed by atoms with Gasteiger partial charge >= 0.3 is 0 Å². The number of H-pyrrole nitrogens is 1. The molecular weight excluding hydrogens is 200 g/mol. The molecule has 0 spiro atoms. The Morgan fingerprint density at radius 1 is 1.25 bits per heavy atom. The molecule has 16 heavy (non-hydrogen) atoms. The van der Waals surface area contributed by atoms with E-state index in [1.54, 1.807) is 0 Å². The zero-order valence-corrected chi connectivity index (χ0v) is 10.1. The van der Waals surface area contributed by atoms with E-state index in [1.807, 2.05) is 25.1 Å². The van der Waals surface area contributed by atoms with Gasteiger partial charge < -0.3 is 0 Å². The van der Waals surface area contributed by atoms with Crippen LogP contribution in [-0.2, 0) is 5.41 Å². The molecule has 84 valence electrons. The van der Waals surface area contributed by atoms with E-state index in [0.29, 0.717) is 0 Å². The van der Waals surface area contributed by atoms with Crippen molar-refractivity contribution in [1.82, 2.24) is 10.2 Å². The van der Waals surface area contributed by atoms with Gasteiger partial charge in [-0.2, -0.15) is 5.10 Å². The van der Waals surface area contributed by atoms with Gasteiger partial charge in [0, 0.05) is 10.8 Å². The summed E-state index contributed by atoms with van der Waals surface area (Å²) in [6.07, 6.45) is 0.